The SMILES string of the molecule is CCN1CCC(C(=O)O)(c2ccccc2C)CC1. The third-order valence-electron chi connectivity index (χ3n) is 4.23. The summed E-state index contributed by atoms with van der Waals surface area (Å²) in [6.07, 6.45) is 1.42. The number of carboxylic acids is 1. The van der Waals surface area contributed by atoms with E-state index in [4.69, 9.17) is 0 Å². The van der Waals surface area contributed by atoms with Crippen molar-refractivity contribution in [3.05, 3.63) is 35.4 Å². The minimum atomic E-state index is -0.684. The number of hydrogen-bond donors (Lipinski definition) is 1. The third-order valence-corrected chi connectivity index (χ3v) is 4.23. The van der Waals surface area contributed by atoms with Gasteiger partial charge in [0.15, 0.2) is 0 Å². The molecule has 0 saturated carbocycles. The van der Waals surface area contributed by atoms with E-state index in [1.807, 2.05) is 31.2 Å². The van der Waals surface area contributed by atoms with Gasteiger partial charge in [-0.1, -0.05) is 31.2 Å². The molecule has 0 spiro atoms. The molecule has 1 heterocycles. The van der Waals surface area contributed by atoms with Crippen molar-refractivity contribution in [2.45, 2.75) is 32.1 Å². The summed E-state index contributed by atoms with van der Waals surface area (Å²) in [4.78, 5) is 14.1. The van der Waals surface area contributed by atoms with Crippen molar-refractivity contribution < 1.29 is 9.90 Å². The first-order valence-electron chi connectivity index (χ1n) is 6.62. The number of carbonyl (C=O) groups is 1. The lowest BCUT2D eigenvalue weighted by molar-refractivity contribution is -0.146. The third kappa shape index (κ3) is 2.15. The van der Waals surface area contributed by atoms with E-state index in [2.05, 4.69) is 11.8 Å². The molecule has 0 aliphatic carbocycles. The van der Waals surface area contributed by atoms with Crippen LogP contribution >= 0.6 is 0 Å². The highest BCUT2D eigenvalue weighted by Gasteiger charge is 2.43. The molecule has 2 rings (SSSR count). The summed E-state index contributed by atoms with van der Waals surface area (Å²) < 4.78 is 0. The Kier molecular flexibility index (Phi) is 3.71. The van der Waals surface area contributed by atoms with E-state index in [1.54, 1.807) is 0 Å². The number of aliphatic carboxylic acids is 1. The largest absolute Gasteiger partial charge is 0.481 e. The summed E-state index contributed by atoms with van der Waals surface area (Å²) in [6, 6.07) is 7.89. The topological polar surface area (TPSA) is 40.5 Å². The second kappa shape index (κ2) is 5.11. The highest BCUT2D eigenvalue weighted by Crippen LogP contribution is 2.37. The Bertz CT molecular complexity index is 434. The molecule has 0 radical (unpaired) electrons. The molecule has 18 heavy (non-hydrogen) atoms. The summed E-state index contributed by atoms with van der Waals surface area (Å²) >= 11 is 0. The molecular weight excluding hydrogens is 226 g/mol. The second-order valence-electron chi connectivity index (χ2n) is 5.14. The normalized spacial score (nSPS) is 19.7. The fourth-order valence-electron chi connectivity index (χ4n) is 2.96. The van der Waals surface area contributed by atoms with Gasteiger partial charge >= 0.3 is 5.97 Å². The highest BCUT2D eigenvalue weighted by atomic mass is 16.4. The molecule has 98 valence electrons. The monoisotopic (exact) mass is 247 g/mol. The van der Waals surface area contributed by atoms with Crippen molar-refractivity contribution in [3.63, 3.8) is 0 Å². The van der Waals surface area contributed by atoms with Gasteiger partial charge in [0.25, 0.3) is 0 Å². The standard InChI is InChI=1S/C15H21NO2/c1-3-16-10-8-15(9-11-16,14(17)18)13-7-5-4-6-12(13)2/h4-7H,3,8-11H2,1-2H3,(H,17,18). The van der Waals surface area contributed by atoms with Crippen molar-refractivity contribution in [2.75, 3.05) is 19.6 Å². The molecule has 1 saturated heterocycles. The molecule has 1 aliphatic rings. The average Bonchev–Trinajstić information content (AvgIpc) is 2.39. The summed E-state index contributed by atoms with van der Waals surface area (Å²) in [7, 11) is 0. The first-order valence-corrected chi connectivity index (χ1v) is 6.62. The zero-order chi connectivity index (χ0) is 13.2. The Morgan fingerprint density at radius 3 is 2.44 bits per heavy atom. The van der Waals surface area contributed by atoms with Crippen LogP contribution in [0.2, 0.25) is 0 Å². The predicted octanol–water partition coefficient (Wildman–Crippen LogP) is 2.43. The summed E-state index contributed by atoms with van der Waals surface area (Å²) in [6.45, 7) is 6.88. The summed E-state index contributed by atoms with van der Waals surface area (Å²) in [5.41, 5.74) is 1.40. The van der Waals surface area contributed by atoms with E-state index in [9.17, 15) is 9.90 Å². The lowest BCUT2D eigenvalue weighted by Crippen LogP contribution is -2.47. The van der Waals surface area contributed by atoms with Gasteiger partial charge in [-0.25, -0.2) is 0 Å². The zero-order valence-electron chi connectivity index (χ0n) is 11.1. The molecule has 0 atom stereocenters. The van der Waals surface area contributed by atoms with Crippen LogP contribution in [-0.4, -0.2) is 35.6 Å². The predicted molar refractivity (Wildman–Crippen MR) is 71.8 cm³/mol. The van der Waals surface area contributed by atoms with Crippen LogP contribution in [0.25, 0.3) is 0 Å². The molecule has 1 aliphatic heterocycles. The highest BCUT2D eigenvalue weighted by molar-refractivity contribution is 5.82. The van der Waals surface area contributed by atoms with Crippen LogP contribution in [0.15, 0.2) is 24.3 Å². The number of nitrogens with zero attached hydrogens (tertiary/aromatic N) is 1. The Labute approximate surface area is 108 Å². The van der Waals surface area contributed by atoms with Gasteiger partial charge in [0.05, 0.1) is 5.41 Å². The van der Waals surface area contributed by atoms with Crippen molar-refractivity contribution in [3.8, 4) is 0 Å². The van der Waals surface area contributed by atoms with Gasteiger partial charge < -0.3 is 10.0 Å². The Balaban J connectivity index is 2.35. The first-order chi connectivity index (χ1) is 8.60. The number of carboxylic acid groups (broad SMARTS) is 1. The fraction of sp³-hybridized carbons (Fsp3) is 0.533. The Morgan fingerprint density at radius 1 is 1.33 bits per heavy atom. The van der Waals surface area contributed by atoms with Crippen LogP contribution in [0.5, 0.6) is 0 Å². The molecule has 0 unspecified atom stereocenters. The van der Waals surface area contributed by atoms with E-state index in [0.29, 0.717) is 12.8 Å². The second-order valence-corrected chi connectivity index (χ2v) is 5.14. The zero-order valence-corrected chi connectivity index (χ0v) is 11.1. The van der Waals surface area contributed by atoms with E-state index in [-0.39, 0.29) is 0 Å². The Hall–Kier alpha value is -1.35. The quantitative estimate of drug-likeness (QED) is 0.892. The van der Waals surface area contributed by atoms with Gasteiger partial charge in [0, 0.05) is 0 Å². The molecule has 1 fully saturated rings. The van der Waals surface area contributed by atoms with E-state index in [0.717, 1.165) is 30.8 Å². The average molecular weight is 247 g/mol. The first kappa shape index (κ1) is 13.1. The summed E-state index contributed by atoms with van der Waals surface area (Å²) in [5.74, 6) is -0.674. The van der Waals surface area contributed by atoms with Crippen molar-refractivity contribution in [2.24, 2.45) is 0 Å². The molecule has 3 heteroatoms. The molecule has 3 nitrogen and oxygen atoms in total. The molecule has 0 bridgehead atoms. The number of aryl methyl sites for hydroxylation is 1. The number of likely N-dealkylation sites (tertiary alicyclic amines) is 1. The van der Waals surface area contributed by atoms with Crippen molar-refractivity contribution in [1.29, 1.82) is 0 Å². The van der Waals surface area contributed by atoms with Gasteiger partial charge in [0.2, 0.25) is 0 Å². The minimum Gasteiger partial charge on any atom is -0.481 e. The van der Waals surface area contributed by atoms with Crippen LogP contribution in [0, 0.1) is 6.92 Å². The van der Waals surface area contributed by atoms with Gasteiger partial charge in [-0.2, -0.15) is 0 Å². The van der Waals surface area contributed by atoms with E-state index in [1.165, 1.54) is 0 Å². The van der Waals surface area contributed by atoms with Crippen LogP contribution in [0.4, 0.5) is 0 Å². The number of rotatable bonds is 3. The van der Waals surface area contributed by atoms with Crippen LogP contribution in [0.1, 0.15) is 30.9 Å². The molecule has 1 N–H and O–H groups in total. The van der Waals surface area contributed by atoms with Gasteiger partial charge in [-0.3, -0.25) is 4.79 Å². The van der Waals surface area contributed by atoms with E-state index < -0.39 is 11.4 Å². The van der Waals surface area contributed by atoms with Gasteiger partial charge in [0.1, 0.15) is 0 Å². The van der Waals surface area contributed by atoms with Crippen molar-refractivity contribution >= 4 is 5.97 Å². The lowest BCUT2D eigenvalue weighted by atomic mass is 9.71. The van der Waals surface area contributed by atoms with Crippen molar-refractivity contribution in [1.82, 2.24) is 4.90 Å². The molecule has 1 aromatic rings. The molecule has 0 aromatic heterocycles. The fourth-order valence-corrected chi connectivity index (χ4v) is 2.96. The van der Waals surface area contributed by atoms with Crippen LogP contribution in [0.3, 0.4) is 0 Å². The lowest BCUT2D eigenvalue weighted by Gasteiger charge is -2.39. The van der Waals surface area contributed by atoms with E-state index >= 15 is 0 Å². The van der Waals surface area contributed by atoms with Crippen LogP contribution in [-0.2, 0) is 10.2 Å². The minimum absolute atomic E-state index is 0.674. The maximum absolute atomic E-state index is 11.8. The number of hydrogen-bond acceptors (Lipinski definition) is 2. The number of benzene rings is 1. The Morgan fingerprint density at radius 2 is 1.94 bits per heavy atom. The van der Waals surface area contributed by atoms with Crippen LogP contribution < -0.4 is 0 Å². The molecule has 0 amide bonds. The van der Waals surface area contributed by atoms with Gasteiger partial charge in [-0.05, 0) is 50.5 Å². The molecule has 1 aromatic carbocycles. The summed E-state index contributed by atoms with van der Waals surface area (Å²) in [5, 5.41) is 9.71. The smallest absolute Gasteiger partial charge is 0.314 e. The number of piperidine rings is 1. The molecular formula is C15H21NO2. The maximum atomic E-state index is 11.8. The van der Waals surface area contributed by atoms with Gasteiger partial charge in [-0.15, -0.1) is 0 Å². The maximum Gasteiger partial charge on any atom is 0.314 e.